The van der Waals surface area contributed by atoms with Crippen molar-refractivity contribution >= 4 is 44.1 Å². The number of amides is 2. The Hall–Kier alpha value is -3.20. The minimum Gasteiger partial charge on any atom is -0.391 e. The zero-order valence-electron chi connectivity index (χ0n) is 18.8. The number of hydrogen-bond donors (Lipinski definition) is 4. The van der Waals surface area contributed by atoms with E-state index in [-0.39, 0.29) is 30.4 Å². The summed E-state index contributed by atoms with van der Waals surface area (Å²) in [6, 6.07) is 17.8. The zero-order valence-corrected chi connectivity index (χ0v) is 19.6. The molecule has 0 saturated heterocycles. The van der Waals surface area contributed by atoms with Crippen molar-refractivity contribution in [3.05, 3.63) is 70.7 Å². The third-order valence-corrected chi connectivity index (χ3v) is 7.70. The molecule has 5 N–H and O–H groups in total. The number of nitrogens with zero attached hydrogens (tertiary/aromatic N) is 1. The first kappa shape index (κ1) is 22.6. The molecule has 2 amide bonds. The zero-order chi connectivity index (χ0) is 23.7. The van der Waals surface area contributed by atoms with Crippen LogP contribution in [0.15, 0.2) is 54.6 Å². The van der Waals surface area contributed by atoms with Crippen LogP contribution in [-0.2, 0) is 17.9 Å². The molecule has 1 aliphatic carbocycles. The first-order chi connectivity index (χ1) is 16.5. The predicted molar refractivity (Wildman–Crippen MR) is 134 cm³/mol. The van der Waals surface area contributed by atoms with Gasteiger partial charge in [-0.25, -0.2) is 0 Å². The summed E-state index contributed by atoms with van der Waals surface area (Å²) < 4.78 is 3.07. The number of carbonyl (C=O) groups is 2. The van der Waals surface area contributed by atoms with E-state index in [0.717, 1.165) is 50.7 Å². The molecule has 0 aliphatic heterocycles. The van der Waals surface area contributed by atoms with Crippen molar-refractivity contribution in [2.75, 3.05) is 0 Å². The summed E-state index contributed by atoms with van der Waals surface area (Å²) in [5.74, 6) is -0.726. The van der Waals surface area contributed by atoms with Crippen LogP contribution in [-0.4, -0.2) is 27.5 Å². The smallest absolute Gasteiger partial charge is 0.286 e. The Bertz CT molecular complexity index is 1360. The number of hydrazine groups is 1. The number of nitrogens with two attached hydrogens (primary N) is 1. The first-order valence-corrected chi connectivity index (χ1v) is 12.4. The summed E-state index contributed by atoms with van der Waals surface area (Å²) in [5.41, 5.74) is 13.7. The summed E-state index contributed by atoms with van der Waals surface area (Å²) in [5, 5.41) is 11.6. The van der Waals surface area contributed by atoms with Gasteiger partial charge < -0.3 is 15.4 Å². The summed E-state index contributed by atoms with van der Waals surface area (Å²) >= 11 is 1.57. The number of thiophene rings is 1. The van der Waals surface area contributed by atoms with Crippen LogP contribution in [0.4, 0.5) is 0 Å². The predicted octanol–water partition coefficient (Wildman–Crippen LogP) is 3.68. The van der Waals surface area contributed by atoms with E-state index in [2.05, 4.69) is 10.9 Å². The second-order valence-corrected chi connectivity index (χ2v) is 10.1. The fourth-order valence-corrected chi connectivity index (χ4v) is 5.85. The van der Waals surface area contributed by atoms with Gasteiger partial charge >= 0.3 is 0 Å². The van der Waals surface area contributed by atoms with Crippen molar-refractivity contribution in [2.24, 2.45) is 11.7 Å². The Morgan fingerprint density at radius 2 is 1.94 bits per heavy atom. The number of rotatable bonds is 5. The molecule has 4 aromatic rings. The van der Waals surface area contributed by atoms with Crippen LogP contribution in [0.2, 0.25) is 0 Å². The van der Waals surface area contributed by atoms with Gasteiger partial charge in [-0.2, -0.15) is 0 Å². The normalized spacial score (nSPS) is 18.3. The van der Waals surface area contributed by atoms with E-state index in [0.29, 0.717) is 18.7 Å². The van der Waals surface area contributed by atoms with E-state index < -0.39 is 0 Å². The van der Waals surface area contributed by atoms with Crippen LogP contribution in [0, 0.1) is 5.92 Å². The van der Waals surface area contributed by atoms with Gasteiger partial charge in [0.25, 0.3) is 5.91 Å². The van der Waals surface area contributed by atoms with Crippen LogP contribution in [0.3, 0.4) is 0 Å². The van der Waals surface area contributed by atoms with Crippen LogP contribution >= 0.6 is 11.3 Å². The summed E-state index contributed by atoms with van der Waals surface area (Å²) in [7, 11) is 0. The van der Waals surface area contributed by atoms with Crippen molar-refractivity contribution < 1.29 is 14.7 Å². The third kappa shape index (κ3) is 4.44. The molecule has 1 aliphatic rings. The Morgan fingerprint density at radius 1 is 1.09 bits per heavy atom. The molecule has 8 heteroatoms. The molecule has 2 aromatic carbocycles. The Labute approximate surface area is 201 Å². The lowest BCUT2D eigenvalue weighted by molar-refractivity contribution is -0.126. The highest BCUT2D eigenvalue weighted by Crippen LogP contribution is 2.30. The Balaban J connectivity index is 1.42. The van der Waals surface area contributed by atoms with E-state index in [9.17, 15) is 14.7 Å². The van der Waals surface area contributed by atoms with Crippen molar-refractivity contribution in [2.45, 2.75) is 44.9 Å². The lowest BCUT2D eigenvalue weighted by Gasteiger charge is -2.25. The molecule has 7 nitrogen and oxygen atoms in total. The maximum Gasteiger partial charge on any atom is 0.286 e. The maximum atomic E-state index is 13.2. The lowest BCUT2D eigenvalue weighted by Crippen LogP contribution is -2.47. The van der Waals surface area contributed by atoms with Crippen molar-refractivity contribution in [1.82, 2.24) is 15.4 Å². The molecule has 5 rings (SSSR count). The van der Waals surface area contributed by atoms with E-state index in [4.69, 9.17) is 5.73 Å². The molecule has 1 fully saturated rings. The standard InChI is InChI=1S/C26H28N4O3S/c27-19-8-3-6-17(11-19)25(32)28-29-26(33)23-12-16-5-1-2-9-22(16)30(23)14-18-7-4-10-24-21(18)13-20(15-31)34-24/h1-2,4-5,7,9-10,12-13,17,19,31H,3,6,8,11,14-15,27H2,(H,28,32)(H,29,33)/t17?,19-/m1/s1. The monoisotopic (exact) mass is 476 g/mol. The van der Waals surface area contributed by atoms with Crippen LogP contribution in [0.1, 0.15) is 46.6 Å². The first-order valence-electron chi connectivity index (χ1n) is 11.6. The maximum absolute atomic E-state index is 13.2. The van der Waals surface area contributed by atoms with Gasteiger partial charge in [0, 0.05) is 39.0 Å². The average molecular weight is 477 g/mol. The van der Waals surface area contributed by atoms with Gasteiger partial charge in [0.05, 0.1) is 6.61 Å². The minimum absolute atomic E-state index is 0.00445. The minimum atomic E-state index is -0.363. The molecule has 0 spiro atoms. The molecule has 1 saturated carbocycles. The van der Waals surface area contributed by atoms with Crippen molar-refractivity contribution in [3.8, 4) is 0 Å². The van der Waals surface area contributed by atoms with Gasteiger partial charge in [-0.1, -0.05) is 36.8 Å². The SMILES string of the molecule is N[C@@H]1CCCC(C(=O)NNC(=O)c2cc3ccccc3n2Cc2cccc3sc(CO)cc23)C1. The Morgan fingerprint density at radius 3 is 2.76 bits per heavy atom. The lowest BCUT2D eigenvalue weighted by atomic mass is 9.86. The second kappa shape index (κ2) is 9.58. The second-order valence-electron chi connectivity index (χ2n) is 8.94. The van der Waals surface area contributed by atoms with E-state index in [1.807, 2.05) is 59.2 Å². The quantitative estimate of drug-likeness (QED) is 0.330. The molecule has 0 radical (unpaired) electrons. The molecule has 2 aromatic heterocycles. The number of benzene rings is 2. The summed E-state index contributed by atoms with van der Waals surface area (Å²) in [4.78, 5) is 26.7. The molecule has 34 heavy (non-hydrogen) atoms. The van der Waals surface area contributed by atoms with Gasteiger partial charge in [-0.15, -0.1) is 11.3 Å². The van der Waals surface area contributed by atoms with E-state index in [1.165, 1.54) is 0 Å². The average Bonchev–Trinajstić information content (AvgIpc) is 3.44. The summed E-state index contributed by atoms with van der Waals surface area (Å²) in [6.45, 7) is 0.491. The number of nitrogens with one attached hydrogen (secondary N) is 2. The fourth-order valence-electron chi connectivity index (χ4n) is 4.88. The third-order valence-electron chi connectivity index (χ3n) is 6.62. The highest BCUT2D eigenvalue weighted by Gasteiger charge is 2.26. The highest BCUT2D eigenvalue weighted by atomic mass is 32.1. The number of hydrogen-bond acceptors (Lipinski definition) is 5. The van der Waals surface area contributed by atoms with Gasteiger partial charge in [-0.05, 0) is 54.5 Å². The molecular weight excluding hydrogens is 448 g/mol. The largest absolute Gasteiger partial charge is 0.391 e. The molecule has 176 valence electrons. The van der Waals surface area contributed by atoms with Gasteiger partial charge in [0.15, 0.2) is 0 Å². The van der Waals surface area contributed by atoms with E-state index in [1.54, 1.807) is 11.3 Å². The van der Waals surface area contributed by atoms with Crippen molar-refractivity contribution in [3.63, 3.8) is 0 Å². The van der Waals surface area contributed by atoms with Crippen molar-refractivity contribution in [1.29, 1.82) is 0 Å². The van der Waals surface area contributed by atoms with Gasteiger partial charge in [0.2, 0.25) is 5.91 Å². The van der Waals surface area contributed by atoms with Crippen LogP contribution in [0.5, 0.6) is 0 Å². The molecule has 0 bridgehead atoms. The van der Waals surface area contributed by atoms with Gasteiger partial charge in [0.1, 0.15) is 5.69 Å². The van der Waals surface area contributed by atoms with Gasteiger partial charge in [-0.3, -0.25) is 20.4 Å². The number of fused-ring (bicyclic) bond motifs is 2. The van der Waals surface area contributed by atoms with Crippen LogP contribution < -0.4 is 16.6 Å². The molecular formula is C26H28N4O3S. The topological polar surface area (TPSA) is 109 Å². The Kier molecular flexibility index (Phi) is 6.36. The number of aliphatic hydroxyl groups is 1. The fraction of sp³-hybridized carbons (Fsp3) is 0.308. The van der Waals surface area contributed by atoms with E-state index >= 15 is 0 Å². The number of para-hydroxylation sites is 1. The van der Waals surface area contributed by atoms with Crippen LogP contribution in [0.25, 0.3) is 21.0 Å². The molecule has 1 unspecified atom stereocenters. The molecule has 2 heterocycles. The number of aromatic nitrogens is 1. The highest BCUT2D eigenvalue weighted by molar-refractivity contribution is 7.19. The molecule has 2 atom stereocenters. The number of carbonyl (C=O) groups excluding carboxylic acids is 2. The number of aliphatic hydroxyl groups excluding tert-OH is 1. The summed E-state index contributed by atoms with van der Waals surface area (Å²) in [6.07, 6.45) is 3.29.